The summed E-state index contributed by atoms with van der Waals surface area (Å²) in [5.74, 6) is 0.731. The molecule has 0 amide bonds. The SMILES string of the molecule is CC(C)=CCCC(C)C/C=C/c1cc(C)cc(N)c1. The molecular formula is C18H27N. The van der Waals surface area contributed by atoms with Gasteiger partial charge in [-0.15, -0.1) is 0 Å². The normalized spacial score (nSPS) is 12.6. The Labute approximate surface area is 118 Å². The number of hydrogen-bond acceptors (Lipinski definition) is 1. The van der Waals surface area contributed by atoms with Gasteiger partial charge in [-0.3, -0.25) is 0 Å². The third-order valence-corrected chi connectivity index (χ3v) is 3.18. The van der Waals surface area contributed by atoms with Crippen molar-refractivity contribution < 1.29 is 0 Å². The lowest BCUT2D eigenvalue weighted by Crippen LogP contribution is -1.91. The molecule has 104 valence electrons. The fourth-order valence-corrected chi connectivity index (χ4v) is 2.15. The Kier molecular flexibility index (Phi) is 6.41. The zero-order valence-electron chi connectivity index (χ0n) is 12.7. The van der Waals surface area contributed by atoms with Crippen molar-refractivity contribution in [1.82, 2.24) is 0 Å². The maximum Gasteiger partial charge on any atom is 0.0322 e. The topological polar surface area (TPSA) is 26.0 Å². The van der Waals surface area contributed by atoms with Crippen LogP contribution in [-0.2, 0) is 0 Å². The first-order chi connectivity index (χ1) is 8.97. The highest BCUT2D eigenvalue weighted by molar-refractivity contribution is 5.57. The minimum Gasteiger partial charge on any atom is -0.399 e. The number of nitrogens with two attached hydrogens (primary N) is 1. The van der Waals surface area contributed by atoms with Gasteiger partial charge in [0.1, 0.15) is 0 Å². The predicted octanol–water partition coefficient (Wildman–Crippen LogP) is 5.36. The van der Waals surface area contributed by atoms with Crippen LogP contribution in [0.25, 0.3) is 6.08 Å². The number of nitrogen functional groups attached to an aromatic ring is 1. The molecule has 0 saturated heterocycles. The van der Waals surface area contributed by atoms with Gasteiger partial charge in [-0.1, -0.05) is 36.8 Å². The van der Waals surface area contributed by atoms with Gasteiger partial charge in [0.15, 0.2) is 0 Å². The lowest BCUT2D eigenvalue weighted by Gasteiger charge is -2.06. The van der Waals surface area contributed by atoms with Crippen LogP contribution in [0.3, 0.4) is 0 Å². The maximum atomic E-state index is 5.84. The summed E-state index contributed by atoms with van der Waals surface area (Å²) in [5, 5.41) is 0. The van der Waals surface area contributed by atoms with E-state index in [1.54, 1.807) is 0 Å². The second kappa shape index (κ2) is 7.83. The molecule has 0 aliphatic carbocycles. The molecule has 0 bridgehead atoms. The van der Waals surface area contributed by atoms with E-state index in [-0.39, 0.29) is 0 Å². The van der Waals surface area contributed by atoms with E-state index in [1.807, 2.05) is 12.1 Å². The molecule has 1 nitrogen and oxygen atoms in total. The highest BCUT2D eigenvalue weighted by atomic mass is 14.5. The van der Waals surface area contributed by atoms with Gasteiger partial charge in [-0.25, -0.2) is 0 Å². The van der Waals surface area contributed by atoms with E-state index in [1.165, 1.54) is 29.5 Å². The van der Waals surface area contributed by atoms with Gasteiger partial charge in [-0.05, 0) is 69.2 Å². The molecule has 0 aliphatic rings. The molecule has 0 spiro atoms. The van der Waals surface area contributed by atoms with Crippen molar-refractivity contribution in [1.29, 1.82) is 0 Å². The maximum absolute atomic E-state index is 5.84. The molecule has 0 heterocycles. The summed E-state index contributed by atoms with van der Waals surface area (Å²) >= 11 is 0. The van der Waals surface area contributed by atoms with Crippen molar-refractivity contribution >= 4 is 11.8 Å². The molecule has 1 unspecified atom stereocenters. The molecule has 0 radical (unpaired) electrons. The van der Waals surface area contributed by atoms with E-state index in [0.717, 1.165) is 18.0 Å². The van der Waals surface area contributed by atoms with Crippen molar-refractivity contribution in [3.8, 4) is 0 Å². The Morgan fingerprint density at radius 3 is 2.63 bits per heavy atom. The first kappa shape index (κ1) is 15.6. The van der Waals surface area contributed by atoms with Crippen LogP contribution in [0.15, 0.2) is 35.9 Å². The van der Waals surface area contributed by atoms with Crippen LogP contribution in [0.4, 0.5) is 5.69 Å². The Morgan fingerprint density at radius 2 is 2.00 bits per heavy atom. The van der Waals surface area contributed by atoms with Gasteiger partial charge in [0.25, 0.3) is 0 Å². The zero-order chi connectivity index (χ0) is 14.3. The van der Waals surface area contributed by atoms with Crippen molar-refractivity contribution in [3.63, 3.8) is 0 Å². The van der Waals surface area contributed by atoms with Gasteiger partial charge in [0, 0.05) is 5.69 Å². The Hall–Kier alpha value is -1.50. The summed E-state index contributed by atoms with van der Waals surface area (Å²) < 4.78 is 0. The highest BCUT2D eigenvalue weighted by Gasteiger charge is 1.98. The minimum absolute atomic E-state index is 0.731. The molecular weight excluding hydrogens is 230 g/mol. The van der Waals surface area contributed by atoms with E-state index >= 15 is 0 Å². The predicted molar refractivity (Wildman–Crippen MR) is 87.1 cm³/mol. The summed E-state index contributed by atoms with van der Waals surface area (Å²) in [5.41, 5.74) is 10.5. The van der Waals surface area contributed by atoms with E-state index < -0.39 is 0 Å². The molecule has 1 atom stereocenters. The van der Waals surface area contributed by atoms with Crippen molar-refractivity contribution in [2.45, 2.75) is 47.0 Å². The van der Waals surface area contributed by atoms with E-state index in [2.05, 4.69) is 52.0 Å². The monoisotopic (exact) mass is 257 g/mol. The van der Waals surface area contributed by atoms with E-state index in [4.69, 9.17) is 5.73 Å². The van der Waals surface area contributed by atoms with Crippen LogP contribution >= 0.6 is 0 Å². The number of hydrogen-bond donors (Lipinski definition) is 1. The average molecular weight is 257 g/mol. The molecule has 1 rings (SSSR count). The van der Waals surface area contributed by atoms with Gasteiger partial charge in [0.05, 0.1) is 0 Å². The second-order valence-electron chi connectivity index (χ2n) is 5.78. The van der Waals surface area contributed by atoms with Gasteiger partial charge in [-0.2, -0.15) is 0 Å². The summed E-state index contributed by atoms with van der Waals surface area (Å²) in [6, 6.07) is 6.19. The van der Waals surface area contributed by atoms with Crippen LogP contribution in [0.5, 0.6) is 0 Å². The number of benzene rings is 1. The molecule has 1 aromatic rings. The number of aryl methyl sites for hydroxylation is 1. The Morgan fingerprint density at radius 1 is 1.26 bits per heavy atom. The summed E-state index contributed by atoms with van der Waals surface area (Å²) in [6.45, 7) is 8.71. The van der Waals surface area contributed by atoms with Crippen molar-refractivity contribution in [2.75, 3.05) is 5.73 Å². The molecule has 0 aromatic heterocycles. The van der Waals surface area contributed by atoms with Crippen LogP contribution < -0.4 is 5.73 Å². The van der Waals surface area contributed by atoms with Gasteiger partial charge < -0.3 is 5.73 Å². The molecule has 0 aliphatic heterocycles. The van der Waals surface area contributed by atoms with Crippen molar-refractivity contribution in [2.24, 2.45) is 5.92 Å². The number of anilines is 1. The molecule has 1 heteroatoms. The van der Waals surface area contributed by atoms with Crippen LogP contribution in [0.2, 0.25) is 0 Å². The molecule has 1 aromatic carbocycles. The fraction of sp³-hybridized carbons (Fsp3) is 0.444. The Bertz CT molecular complexity index is 431. The van der Waals surface area contributed by atoms with Crippen LogP contribution in [-0.4, -0.2) is 0 Å². The van der Waals surface area contributed by atoms with Gasteiger partial charge >= 0.3 is 0 Å². The molecule has 19 heavy (non-hydrogen) atoms. The molecule has 2 N–H and O–H groups in total. The summed E-state index contributed by atoms with van der Waals surface area (Å²) in [6.07, 6.45) is 10.3. The summed E-state index contributed by atoms with van der Waals surface area (Å²) in [4.78, 5) is 0. The standard InChI is InChI=1S/C18H27N/c1-14(2)7-5-8-15(3)9-6-10-17-11-16(4)12-18(19)13-17/h6-7,10-13,15H,5,8-9,19H2,1-4H3/b10-6+. The lowest BCUT2D eigenvalue weighted by molar-refractivity contribution is 0.546. The molecule has 0 fully saturated rings. The Balaban J connectivity index is 2.42. The highest BCUT2D eigenvalue weighted by Crippen LogP contribution is 2.16. The second-order valence-corrected chi connectivity index (χ2v) is 5.78. The van der Waals surface area contributed by atoms with Crippen LogP contribution in [0.1, 0.15) is 51.2 Å². The third-order valence-electron chi connectivity index (χ3n) is 3.18. The third kappa shape index (κ3) is 6.85. The number of rotatable bonds is 6. The van der Waals surface area contributed by atoms with E-state index in [0.29, 0.717) is 0 Å². The zero-order valence-corrected chi connectivity index (χ0v) is 12.7. The lowest BCUT2D eigenvalue weighted by atomic mass is 10.00. The quantitative estimate of drug-likeness (QED) is 0.538. The van der Waals surface area contributed by atoms with Crippen molar-refractivity contribution in [3.05, 3.63) is 47.1 Å². The number of allylic oxidation sites excluding steroid dienone is 3. The summed E-state index contributed by atoms with van der Waals surface area (Å²) in [7, 11) is 0. The van der Waals surface area contributed by atoms with E-state index in [9.17, 15) is 0 Å². The minimum atomic E-state index is 0.731. The first-order valence-corrected chi connectivity index (χ1v) is 7.14. The van der Waals surface area contributed by atoms with Crippen LogP contribution in [0, 0.1) is 12.8 Å². The molecule has 0 saturated carbocycles. The first-order valence-electron chi connectivity index (χ1n) is 7.14. The smallest absolute Gasteiger partial charge is 0.0322 e. The van der Waals surface area contributed by atoms with Gasteiger partial charge in [0.2, 0.25) is 0 Å². The average Bonchev–Trinajstić information content (AvgIpc) is 2.27. The fourth-order valence-electron chi connectivity index (χ4n) is 2.15. The largest absolute Gasteiger partial charge is 0.399 e.